The van der Waals surface area contributed by atoms with E-state index in [1.165, 1.54) is 0 Å². The number of nitrogens with two attached hydrogens (primary N) is 1. The molecule has 0 aliphatic carbocycles. The molecule has 4 rings (SSSR count). The van der Waals surface area contributed by atoms with Gasteiger partial charge in [0.05, 0.1) is 29.8 Å². The molecule has 1 unspecified atom stereocenters. The molecule has 2 aromatic rings. The molecule has 38 heavy (non-hydrogen) atoms. The summed E-state index contributed by atoms with van der Waals surface area (Å²) in [6.45, 7) is 6.26. The van der Waals surface area contributed by atoms with Crippen molar-refractivity contribution in [3.63, 3.8) is 0 Å². The number of fused-ring (bicyclic) bond motifs is 1. The number of nitrogens with zero attached hydrogens (tertiary/aromatic N) is 3. The van der Waals surface area contributed by atoms with Crippen molar-refractivity contribution in [1.82, 2.24) is 9.88 Å². The van der Waals surface area contributed by atoms with Crippen LogP contribution in [-0.2, 0) is 9.53 Å². The molecule has 1 aromatic heterocycles. The van der Waals surface area contributed by atoms with Gasteiger partial charge in [0.25, 0.3) is 5.91 Å². The van der Waals surface area contributed by atoms with E-state index in [1.807, 2.05) is 19.9 Å². The summed E-state index contributed by atoms with van der Waals surface area (Å²) < 4.78 is 17.7. The highest BCUT2D eigenvalue weighted by Gasteiger charge is 2.26. The van der Waals surface area contributed by atoms with Crippen LogP contribution in [0.5, 0.6) is 11.6 Å². The number of ether oxygens (including phenoxy) is 3. The van der Waals surface area contributed by atoms with E-state index in [2.05, 4.69) is 16.8 Å². The number of hydrogen-bond donors (Lipinski definition) is 1. The number of aromatic nitrogens is 1. The standard InChI is InChI=1S/C29H34N4O5/c1-19(2)37-26-16-24-23(15-25(26)28(31)35)21(6-3-5-20-9-13-36-14-10-20)17-32-29(24)38-22-7-4-12-33(18-22)27(34)8-11-30/h15-17,19-20,22H,4-5,7-10,12-14,18H2,1-2H3,(H2,31,35). The Labute approximate surface area is 223 Å². The Morgan fingerprint density at radius 3 is 2.74 bits per heavy atom. The summed E-state index contributed by atoms with van der Waals surface area (Å²) in [6.07, 6.45) is 5.32. The molecule has 9 heteroatoms. The molecule has 9 nitrogen and oxygen atoms in total. The average molecular weight is 519 g/mol. The number of primary amides is 1. The zero-order chi connectivity index (χ0) is 27.1. The first-order valence-electron chi connectivity index (χ1n) is 13.2. The Balaban J connectivity index is 1.69. The van der Waals surface area contributed by atoms with E-state index in [0.29, 0.717) is 47.0 Å². The van der Waals surface area contributed by atoms with E-state index in [-0.39, 0.29) is 30.1 Å². The number of rotatable bonds is 7. The molecule has 2 saturated heterocycles. The predicted octanol–water partition coefficient (Wildman–Crippen LogP) is 3.57. The summed E-state index contributed by atoms with van der Waals surface area (Å²) >= 11 is 0. The summed E-state index contributed by atoms with van der Waals surface area (Å²) in [5, 5.41) is 10.3. The van der Waals surface area contributed by atoms with Gasteiger partial charge in [-0.2, -0.15) is 5.26 Å². The zero-order valence-electron chi connectivity index (χ0n) is 22.0. The second-order valence-electron chi connectivity index (χ2n) is 10.0. The molecule has 0 saturated carbocycles. The Hall–Kier alpha value is -3.82. The molecular weight excluding hydrogens is 484 g/mol. The molecule has 0 radical (unpaired) electrons. The Bertz CT molecular complexity index is 1280. The minimum atomic E-state index is -0.595. The number of carbonyl (C=O) groups excluding carboxylic acids is 2. The van der Waals surface area contributed by atoms with Gasteiger partial charge in [-0.1, -0.05) is 11.8 Å². The molecule has 200 valence electrons. The third kappa shape index (κ3) is 6.73. The van der Waals surface area contributed by atoms with Crippen LogP contribution in [0.4, 0.5) is 0 Å². The van der Waals surface area contributed by atoms with Gasteiger partial charge in [-0.3, -0.25) is 9.59 Å². The van der Waals surface area contributed by atoms with Crippen molar-refractivity contribution >= 4 is 22.6 Å². The number of piperidine rings is 1. The molecule has 0 spiro atoms. The van der Waals surface area contributed by atoms with Crippen LogP contribution in [0.2, 0.25) is 0 Å². The third-order valence-electron chi connectivity index (χ3n) is 6.77. The van der Waals surface area contributed by atoms with Crippen molar-refractivity contribution < 1.29 is 23.8 Å². The SMILES string of the molecule is CC(C)Oc1cc2c(OC3CCCN(C(=O)CC#N)C3)ncc(C#CCC3CCOCC3)c2cc1C(N)=O. The minimum Gasteiger partial charge on any atom is -0.490 e. The van der Waals surface area contributed by atoms with Crippen LogP contribution < -0.4 is 15.2 Å². The number of likely N-dealkylation sites (tertiary alicyclic amines) is 1. The van der Waals surface area contributed by atoms with Crippen LogP contribution >= 0.6 is 0 Å². The zero-order valence-corrected chi connectivity index (χ0v) is 22.0. The van der Waals surface area contributed by atoms with E-state index >= 15 is 0 Å². The second-order valence-corrected chi connectivity index (χ2v) is 10.0. The van der Waals surface area contributed by atoms with Gasteiger partial charge in [-0.05, 0) is 57.6 Å². The van der Waals surface area contributed by atoms with Crippen LogP contribution in [0.15, 0.2) is 18.3 Å². The predicted molar refractivity (Wildman–Crippen MR) is 142 cm³/mol. The molecule has 2 amide bonds. The van der Waals surface area contributed by atoms with Gasteiger partial charge < -0.3 is 24.8 Å². The van der Waals surface area contributed by atoms with Crippen LogP contribution in [0.1, 0.15) is 68.3 Å². The Morgan fingerprint density at radius 1 is 1.24 bits per heavy atom. The fraction of sp³-hybridized carbons (Fsp3) is 0.517. The van der Waals surface area contributed by atoms with Crippen molar-refractivity contribution in [2.24, 2.45) is 11.7 Å². The molecule has 2 aliphatic heterocycles. The van der Waals surface area contributed by atoms with Crippen molar-refractivity contribution in [1.29, 1.82) is 5.26 Å². The smallest absolute Gasteiger partial charge is 0.252 e. The van der Waals surface area contributed by atoms with Gasteiger partial charge in [0, 0.05) is 43.1 Å². The number of hydrogen-bond acceptors (Lipinski definition) is 7. The molecule has 1 aromatic carbocycles. The highest BCUT2D eigenvalue weighted by Crippen LogP contribution is 2.34. The quantitative estimate of drug-likeness (QED) is 0.555. The monoisotopic (exact) mass is 518 g/mol. The molecule has 2 aliphatic rings. The minimum absolute atomic E-state index is 0.152. The lowest BCUT2D eigenvalue weighted by Crippen LogP contribution is -2.44. The summed E-state index contributed by atoms with van der Waals surface area (Å²) in [6, 6.07) is 5.36. The lowest BCUT2D eigenvalue weighted by atomic mass is 9.96. The first-order chi connectivity index (χ1) is 18.4. The topological polar surface area (TPSA) is 128 Å². The van der Waals surface area contributed by atoms with Gasteiger partial charge in [0.2, 0.25) is 11.8 Å². The largest absolute Gasteiger partial charge is 0.490 e. The first-order valence-corrected chi connectivity index (χ1v) is 13.2. The van der Waals surface area contributed by atoms with Gasteiger partial charge >= 0.3 is 0 Å². The average Bonchev–Trinajstić information content (AvgIpc) is 2.90. The maximum atomic E-state index is 12.3. The van der Waals surface area contributed by atoms with Gasteiger partial charge in [-0.25, -0.2) is 4.98 Å². The fourth-order valence-electron chi connectivity index (χ4n) is 4.82. The number of amides is 2. The fourth-order valence-corrected chi connectivity index (χ4v) is 4.82. The van der Waals surface area contributed by atoms with E-state index < -0.39 is 5.91 Å². The number of benzene rings is 1. The van der Waals surface area contributed by atoms with E-state index in [1.54, 1.807) is 23.2 Å². The van der Waals surface area contributed by atoms with E-state index in [4.69, 9.17) is 25.2 Å². The van der Waals surface area contributed by atoms with Gasteiger partial charge in [0.15, 0.2) is 0 Å². The summed E-state index contributed by atoms with van der Waals surface area (Å²) in [7, 11) is 0. The highest BCUT2D eigenvalue weighted by atomic mass is 16.5. The Kier molecular flexibility index (Phi) is 9.04. The number of carbonyl (C=O) groups is 2. The van der Waals surface area contributed by atoms with Crippen molar-refractivity contribution in [3.05, 3.63) is 29.5 Å². The molecule has 3 heterocycles. The maximum absolute atomic E-state index is 12.3. The maximum Gasteiger partial charge on any atom is 0.252 e. The number of nitriles is 1. The summed E-state index contributed by atoms with van der Waals surface area (Å²) in [5.41, 5.74) is 6.65. The summed E-state index contributed by atoms with van der Waals surface area (Å²) in [4.78, 5) is 30.8. The lowest BCUT2D eigenvalue weighted by Gasteiger charge is -2.32. The van der Waals surface area contributed by atoms with Crippen LogP contribution in [0, 0.1) is 29.1 Å². The van der Waals surface area contributed by atoms with Crippen molar-refractivity contribution in [3.8, 4) is 29.5 Å². The molecule has 0 bridgehead atoms. The van der Waals surface area contributed by atoms with E-state index in [0.717, 1.165) is 45.3 Å². The normalized spacial score (nSPS) is 17.9. The molecule has 1 atom stereocenters. The molecular formula is C29H34N4O5. The third-order valence-corrected chi connectivity index (χ3v) is 6.77. The van der Waals surface area contributed by atoms with Gasteiger partial charge in [0.1, 0.15) is 18.3 Å². The van der Waals surface area contributed by atoms with E-state index in [9.17, 15) is 9.59 Å². The Morgan fingerprint density at radius 2 is 2.03 bits per heavy atom. The van der Waals surface area contributed by atoms with Gasteiger partial charge in [-0.15, -0.1) is 0 Å². The molecule has 2 N–H and O–H groups in total. The van der Waals surface area contributed by atoms with Crippen molar-refractivity contribution in [2.45, 2.75) is 64.6 Å². The van der Waals surface area contributed by atoms with Crippen molar-refractivity contribution in [2.75, 3.05) is 26.3 Å². The number of pyridine rings is 1. The second kappa shape index (κ2) is 12.6. The highest BCUT2D eigenvalue weighted by molar-refractivity contribution is 6.03. The first kappa shape index (κ1) is 27.2. The lowest BCUT2D eigenvalue weighted by molar-refractivity contribution is -0.132. The molecule has 2 fully saturated rings. The summed E-state index contributed by atoms with van der Waals surface area (Å²) in [5.74, 6) is 6.96. The van der Waals surface area contributed by atoms with Crippen LogP contribution in [-0.4, -0.2) is 60.2 Å². The van der Waals surface area contributed by atoms with Crippen LogP contribution in [0.25, 0.3) is 10.8 Å². The van der Waals surface area contributed by atoms with Crippen LogP contribution in [0.3, 0.4) is 0 Å².